The van der Waals surface area contributed by atoms with E-state index >= 15 is 0 Å². The molecule has 0 atom stereocenters. The third kappa shape index (κ3) is 1.81. The highest BCUT2D eigenvalue weighted by Gasteiger charge is 2.07. The second-order valence-electron chi connectivity index (χ2n) is 2.96. The lowest BCUT2D eigenvalue weighted by atomic mass is 10.2. The molecule has 0 unspecified atom stereocenters. The molecule has 0 saturated carbocycles. The van der Waals surface area contributed by atoms with Gasteiger partial charge in [-0.25, -0.2) is 4.98 Å². The lowest BCUT2D eigenvalue weighted by molar-refractivity contribution is 1.30. The first-order chi connectivity index (χ1) is 6.66. The summed E-state index contributed by atoms with van der Waals surface area (Å²) < 4.78 is 1.04. The van der Waals surface area contributed by atoms with Crippen molar-refractivity contribution in [1.29, 1.82) is 0 Å². The van der Waals surface area contributed by atoms with E-state index in [9.17, 15) is 0 Å². The highest BCUT2D eigenvalue weighted by Crippen LogP contribution is 2.31. The number of anilines is 1. The molecule has 0 aliphatic carbocycles. The van der Waals surface area contributed by atoms with E-state index in [2.05, 4.69) is 20.9 Å². The van der Waals surface area contributed by atoms with Crippen LogP contribution in [0, 0.1) is 6.92 Å². The second kappa shape index (κ2) is 3.71. The molecule has 2 aromatic rings. The summed E-state index contributed by atoms with van der Waals surface area (Å²) >= 11 is 4.95. The van der Waals surface area contributed by atoms with Crippen LogP contribution in [-0.4, -0.2) is 4.98 Å². The fourth-order valence-corrected chi connectivity index (χ4v) is 2.40. The maximum absolute atomic E-state index is 5.86. The van der Waals surface area contributed by atoms with E-state index in [4.69, 9.17) is 5.73 Å². The Bertz CT molecular complexity index is 465. The maximum atomic E-state index is 5.86. The Morgan fingerprint density at radius 1 is 1.43 bits per heavy atom. The molecule has 0 fully saturated rings. The number of nitrogen functional groups attached to an aromatic ring is 1. The van der Waals surface area contributed by atoms with Gasteiger partial charge in [0, 0.05) is 10.0 Å². The minimum atomic E-state index is 0.778. The molecule has 0 saturated heterocycles. The molecule has 14 heavy (non-hydrogen) atoms. The Hall–Kier alpha value is -0.870. The molecule has 72 valence electrons. The number of hydrogen-bond acceptors (Lipinski definition) is 3. The van der Waals surface area contributed by atoms with Gasteiger partial charge in [0.25, 0.3) is 0 Å². The zero-order valence-electron chi connectivity index (χ0n) is 7.62. The predicted molar refractivity (Wildman–Crippen MR) is 64.4 cm³/mol. The number of halogens is 1. The Labute approximate surface area is 94.9 Å². The predicted octanol–water partition coefficient (Wildman–Crippen LogP) is 3.46. The minimum Gasteiger partial charge on any atom is -0.389 e. The van der Waals surface area contributed by atoms with Crippen molar-refractivity contribution >= 4 is 32.3 Å². The molecule has 0 aliphatic heterocycles. The van der Waals surface area contributed by atoms with E-state index in [1.54, 1.807) is 0 Å². The van der Waals surface area contributed by atoms with E-state index in [-0.39, 0.29) is 0 Å². The van der Waals surface area contributed by atoms with Crippen molar-refractivity contribution in [3.63, 3.8) is 0 Å². The van der Waals surface area contributed by atoms with Crippen LogP contribution in [0.15, 0.2) is 28.7 Å². The zero-order valence-corrected chi connectivity index (χ0v) is 10.0. The molecule has 1 aromatic heterocycles. The third-order valence-electron chi connectivity index (χ3n) is 1.86. The second-order valence-corrected chi connectivity index (χ2v) is 5.11. The average molecular weight is 269 g/mol. The number of thiazole rings is 1. The highest BCUT2D eigenvalue weighted by atomic mass is 79.9. The molecule has 4 heteroatoms. The molecule has 0 spiro atoms. The number of nitrogens with two attached hydrogens (primary N) is 1. The number of hydrogen-bond donors (Lipinski definition) is 1. The van der Waals surface area contributed by atoms with Gasteiger partial charge in [0.15, 0.2) is 0 Å². The average Bonchev–Trinajstić information content (AvgIpc) is 2.45. The Morgan fingerprint density at radius 3 is 2.79 bits per heavy atom. The van der Waals surface area contributed by atoms with E-state index in [1.165, 1.54) is 11.3 Å². The van der Waals surface area contributed by atoms with Crippen molar-refractivity contribution in [3.05, 3.63) is 33.7 Å². The van der Waals surface area contributed by atoms with Crippen LogP contribution < -0.4 is 5.73 Å². The third-order valence-corrected chi connectivity index (χ3v) is 3.15. The van der Waals surface area contributed by atoms with Gasteiger partial charge in [-0.05, 0) is 19.1 Å². The summed E-state index contributed by atoms with van der Waals surface area (Å²) in [6, 6.07) is 7.99. The van der Waals surface area contributed by atoms with Crippen LogP contribution in [0.4, 0.5) is 5.00 Å². The van der Waals surface area contributed by atoms with Gasteiger partial charge in [0.2, 0.25) is 0 Å². The summed E-state index contributed by atoms with van der Waals surface area (Å²) in [6.07, 6.45) is 0. The zero-order chi connectivity index (χ0) is 10.1. The lowest BCUT2D eigenvalue weighted by Gasteiger charge is -1.98. The topological polar surface area (TPSA) is 38.9 Å². The van der Waals surface area contributed by atoms with Crippen LogP contribution in [0.3, 0.4) is 0 Å². The molecule has 0 bridgehead atoms. The summed E-state index contributed by atoms with van der Waals surface area (Å²) in [5, 5.41) is 1.78. The first-order valence-corrected chi connectivity index (χ1v) is 5.76. The largest absolute Gasteiger partial charge is 0.389 e. The van der Waals surface area contributed by atoms with Crippen LogP contribution in [0.25, 0.3) is 11.3 Å². The number of benzene rings is 1. The number of aromatic nitrogens is 1. The summed E-state index contributed by atoms with van der Waals surface area (Å²) in [5.74, 6) is 0. The maximum Gasteiger partial charge on any atom is 0.114 e. The van der Waals surface area contributed by atoms with Gasteiger partial charge in [-0.1, -0.05) is 28.1 Å². The minimum absolute atomic E-state index is 0.778. The van der Waals surface area contributed by atoms with Gasteiger partial charge >= 0.3 is 0 Å². The fourth-order valence-electron chi connectivity index (χ4n) is 1.29. The smallest absolute Gasteiger partial charge is 0.114 e. The first kappa shape index (κ1) is 9.68. The van der Waals surface area contributed by atoms with Crippen molar-refractivity contribution < 1.29 is 0 Å². The number of rotatable bonds is 1. The van der Waals surface area contributed by atoms with Gasteiger partial charge in [-0.2, -0.15) is 0 Å². The van der Waals surface area contributed by atoms with Crippen LogP contribution in [-0.2, 0) is 0 Å². The van der Waals surface area contributed by atoms with Gasteiger partial charge in [-0.15, -0.1) is 11.3 Å². The lowest BCUT2D eigenvalue weighted by Crippen LogP contribution is -1.85. The molecule has 0 amide bonds. The van der Waals surface area contributed by atoms with Gasteiger partial charge in [0.1, 0.15) is 10.7 Å². The van der Waals surface area contributed by atoms with Crippen molar-refractivity contribution in [2.75, 3.05) is 5.73 Å². The summed E-state index contributed by atoms with van der Waals surface area (Å²) in [5.41, 5.74) is 7.80. The molecule has 2 rings (SSSR count). The molecular weight excluding hydrogens is 260 g/mol. The van der Waals surface area contributed by atoms with Crippen molar-refractivity contribution in [2.45, 2.75) is 6.92 Å². The van der Waals surface area contributed by atoms with Crippen molar-refractivity contribution in [1.82, 2.24) is 4.98 Å². The quantitative estimate of drug-likeness (QED) is 0.861. The van der Waals surface area contributed by atoms with Crippen molar-refractivity contribution in [3.8, 4) is 11.3 Å². The summed E-state index contributed by atoms with van der Waals surface area (Å²) in [4.78, 5) is 4.39. The summed E-state index contributed by atoms with van der Waals surface area (Å²) in [6.45, 7) is 1.96. The van der Waals surface area contributed by atoms with E-state index in [0.29, 0.717) is 0 Å². The van der Waals surface area contributed by atoms with Gasteiger partial charge < -0.3 is 5.73 Å². The Morgan fingerprint density at radius 2 is 2.21 bits per heavy atom. The Kier molecular flexibility index (Phi) is 2.56. The van der Waals surface area contributed by atoms with Crippen LogP contribution >= 0.6 is 27.3 Å². The monoisotopic (exact) mass is 268 g/mol. The van der Waals surface area contributed by atoms with Crippen LogP contribution in [0.1, 0.15) is 5.01 Å². The molecule has 0 aliphatic rings. The highest BCUT2D eigenvalue weighted by molar-refractivity contribution is 9.10. The van der Waals surface area contributed by atoms with Gasteiger partial charge in [0.05, 0.1) is 5.01 Å². The van der Waals surface area contributed by atoms with Crippen LogP contribution in [0.5, 0.6) is 0 Å². The van der Waals surface area contributed by atoms with E-state index in [0.717, 1.165) is 25.7 Å². The molecule has 1 heterocycles. The SMILES string of the molecule is Cc1nc(-c2cccc(Br)c2)c(N)s1. The molecule has 2 nitrogen and oxygen atoms in total. The Balaban J connectivity index is 2.54. The summed E-state index contributed by atoms with van der Waals surface area (Å²) in [7, 11) is 0. The normalized spacial score (nSPS) is 10.4. The van der Waals surface area contributed by atoms with Crippen molar-refractivity contribution in [2.24, 2.45) is 0 Å². The van der Waals surface area contributed by atoms with Crippen LogP contribution in [0.2, 0.25) is 0 Å². The molecular formula is C10H9BrN2S. The first-order valence-electron chi connectivity index (χ1n) is 4.15. The molecule has 0 radical (unpaired) electrons. The standard InChI is InChI=1S/C10H9BrN2S/c1-6-13-9(10(12)14-6)7-3-2-4-8(11)5-7/h2-5H,12H2,1H3. The van der Waals surface area contributed by atoms with E-state index in [1.807, 2.05) is 31.2 Å². The molecule has 2 N–H and O–H groups in total. The molecule has 1 aromatic carbocycles. The van der Waals surface area contributed by atoms with Gasteiger partial charge in [-0.3, -0.25) is 0 Å². The van der Waals surface area contributed by atoms with E-state index < -0.39 is 0 Å². The number of aryl methyl sites for hydroxylation is 1. The fraction of sp³-hybridized carbons (Fsp3) is 0.100. The number of nitrogens with zero attached hydrogens (tertiary/aromatic N) is 1.